The molecule has 1 fully saturated rings. The molecule has 1 saturated carbocycles. The van der Waals surface area contributed by atoms with Crippen molar-refractivity contribution in [2.75, 3.05) is 5.43 Å². The molecule has 0 aliphatic heterocycles. The van der Waals surface area contributed by atoms with Gasteiger partial charge in [-0.3, -0.25) is 0 Å². The zero-order chi connectivity index (χ0) is 10.7. The van der Waals surface area contributed by atoms with Gasteiger partial charge in [0.05, 0.1) is 11.9 Å². The molecule has 1 aliphatic rings. The molecular weight excluding hydrogens is 194 g/mol. The quantitative estimate of drug-likeness (QED) is 0.760. The Labute approximate surface area is 87.8 Å². The average Bonchev–Trinajstić information content (AvgIpc) is 2.67. The van der Waals surface area contributed by atoms with Gasteiger partial charge in [-0.05, 0) is 18.1 Å². The molecule has 1 heterocycles. The second-order valence-electron chi connectivity index (χ2n) is 3.90. The van der Waals surface area contributed by atoms with Crippen molar-refractivity contribution in [2.24, 2.45) is 5.73 Å². The van der Waals surface area contributed by atoms with Gasteiger partial charge >= 0.3 is 6.03 Å². The topological polar surface area (TPSA) is 85.8 Å². The van der Waals surface area contributed by atoms with E-state index in [9.17, 15) is 4.79 Å². The first-order valence-corrected chi connectivity index (χ1v) is 5.24. The first-order chi connectivity index (χ1) is 7.25. The van der Waals surface area contributed by atoms with Crippen LogP contribution >= 0.6 is 0 Å². The van der Waals surface area contributed by atoms with Gasteiger partial charge in [0.15, 0.2) is 0 Å². The van der Waals surface area contributed by atoms with Gasteiger partial charge in [0.25, 0.3) is 0 Å². The maximum Gasteiger partial charge on any atom is 0.332 e. The molecule has 0 unspecified atom stereocenters. The number of hydrogen-bond acceptors (Lipinski definition) is 3. The minimum Gasteiger partial charge on any atom is -0.350 e. The molecule has 0 atom stereocenters. The molecule has 0 saturated heterocycles. The van der Waals surface area contributed by atoms with Crippen LogP contribution in [0.1, 0.15) is 43.7 Å². The lowest BCUT2D eigenvalue weighted by atomic mass is 9.87. The van der Waals surface area contributed by atoms with Crippen LogP contribution < -0.4 is 11.2 Å². The van der Waals surface area contributed by atoms with E-state index < -0.39 is 6.03 Å². The van der Waals surface area contributed by atoms with Crippen molar-refractivity contribution in [3.63, 3.8) is 0 Å². The molecule has 1 aliphatic carbocycles. The van der Waals surface area contributed by atoms with Crippen molar-refractivity contribution >= 4 is 6.03 Å². The normalized spacial score (nSPS) is 17.6. The lowest BCUT2D eigenvalue weighted by Gasteiger charge is -2.18. The second-order valence-corrected chi connectivity index (χ2v) is 3.90. The lowest BCUT2D eigenvalue weighted by Crippen LogP contribution is -2.28. The number of primary amides is 1. The standard InChI is InChI=1S/C9H15N5O/c10-9(15)12-14-6-8(11-13-14)7-4-2-1-3-5-7/h6-7H,1-5H2,(H3,10,12,15). The SMILES string of the molecule is NC(=O)Nn1cc(C2CCCCC2)nn1. The molecule has 1 aromatic heterocycles. The van der Waals surface area contributed by atoms with Crippen LogP contribution in [-0.2, 0) is 0 Å². The first-order valence-electron chi connectivity index (χ1n) is 5.24. The fraction of sp³-hybridized carbons (Fsp3) is 0.667. The Hall–Kier alpha value is -1.59. The average molecular weight is 209 g/mol. The molecule has 6 nitrogen and oxygen atoms in total. The Balaban J connectivity index is 2.02. The highest BCUT2D eigenvalue weighted by atomic mass is 16.2. The summed E-state index contributed by atoms with van der Waals surface area (Å²) in [6.45, 7) is 0. The summed E-state index contributed by atoms with van der Waals surface area (Å²) in [6.07, 6.45) is 7.87. The number of amides is 2. The maximum absolute atomic E-state index is 10.6. The largest absolute Gasteiger partial charge is 0.350 e. The molecule has 2 amide bonds. The fourth-order valence-electron chi connectivity index (χ4n) is 2.03. The van der Waals surface area contributed by atoms with Gasteiger partial charge in [-0.25, -0.2) is 10.2 Å². The Morgan fingerprint density at radius 1 is 1.47 bits per heavy atom. The number of urea groups is 1. The van der Waals surface area contributed by atoms with Gasteiger partial charge in [0, 0.05) is 5.92 Å². The van der Waals surface area contributed by atoms with Gasteiger partial charge in [-0.1, -0.05) is 19.3 Å². The summed E-state index contributed by atoms with van der Waals surface area (Å²) >= 11 is 0. The number of rotatable bonds is 2. The van der Waals surface area contributed by atoms with E-state index in [0.29, 0.717) is 5.92 Å². The lowest BCUT2D eigenvalue weighted by molar-refractivity contribution is 0.256. The molecular formula is C9H15N5O. The molecule has 3 N–H and O–H groups in total. The van der Waals surface area contributed by atoms with E-state index in [1.165, 1.54) is 24.1 Å². The smallest absolute Gasteiger partial charge is 0.332 e. The third-order valence-electron chi connectivity index (χ3n) is 2.76. The van der Waals surface area contributed by atoms with E-state index in [1.807, 2.05) is 0 Å². The number of nitrogens with zero attached hydrogens (tertiary/aromatic N) is 3. The van der Waals surface area contributed by atoms with Gasteiger partial charge in [-0.2, -0.15) is 4.79 Å². The highest BCUT2D eigenvalue weighted by molar-refractivity contribution is 5.79. The zero-order valence-electron chi connectivity index (χ0n) is 8.52. The predicted molar refractivity (Wildman–Crippen MR) is 54.8 cm³/mol. The summed E-state index contributed by atoms with van der Waals surface area (Å²) in [5.41, 5.74) is 8.27. The minimum atomic E-state index is -0.630. The van der Waals surface area contributed by atoms with Gasteiger partial charge < -0.3 is 5.73 Å². The number of aromatic nitrogens is 3. The van der Waals surface area contributed by atoms with Crippen LogP contribution in [0.15, 0.2) is 6.20 Å². The first kappa shape index (κ1) is 9.95. The zero-order valence-corrected chi connectivity index (χ0v) is 8.52. The maximum atomic E-state index is 10.6. The minimum absolute atomic E-state index is 0.488. The molecule has 0 bridgehead atoms. The predicted octanol–water partition coefficient (Wildman–Crippen LogP) is 0.948. The van der Waals surface area contributed by atoms with Crippen LogP contribution in [0, 0.1) is 0 Å². The molecule has 0 aromatic carbocycles. The van der Waals surface area contributed by atoms with Crippen LogP contribution in [0.2, 0.25) is 0 Å². The Morgan fingerprint density at radius 3 is 2.87 bits per heavy atom. The van der Waals surface area contributed by atoms with Gasteiger partial charge in [-0.15, -0.1) is 5.10 Å². The summed E-state index contributed by atoms with van der Waals surface area (Å²) in [5, 5.41) is 7.82. The van der Waals surface area contributed by atoms with Crippen molar-refractivity contribution in [3.8, 4) is 0 Å². The molecule has 1 aromatic rings. The summed E-state index contributed by atoms with van der Waals surface area (Å²) in [6, 6.07) is -0.630. The van der Waals surface area contributed by atoms with E-state index in [0.717, 1.165) is 18.5 Å². The Kier molecular flexibility index (Phi) is 2.84. The third kappa shape index (κ3) is 2.45. The van der Waals surface area contributed by atoms with Crippen molar-refractivity contribution in [1.82, 2.24) is 15.1 Å². The molecule has 2 rings (SSSR count). The van der Waals surface area contributed by atoms with Crippen LogP contribution in [0.4, 0.5) is 4.79 Å². The number of carbonyl (C=O) groups excluding carboxylic acids is 1. The van der Waals surface area contributed by atoms with E-state index in [-0.39, 0.29) is 0 Å². The molecule has 6 heteroatoms. The van der Waals surface area contributed by atoms with Crippen LogP contribution in [0.25, 0.3) is 0 Å². The van der Waals surface area contributed by atoms with Crippen molar-refractivity contribution < 1.29 is 4.79 Å². The van der Waals surface area contributed by atoms with Crippen molar-refractivity contribution in [3.05, 3.63) is 11.9 Å². The molecule has 0 spiro atoms. The molecule has 0 radical (unpaired) electrons. The monoisotopic (exact) mass is 209 g/mol. The molecule has 82 valence electrons. The van der Waals surface area contributed by atoms with Crippen LogP contribution in [0.5, 0.6) is 0 Å². The van der Waals surface area contributed by atoms with Crippen LogP contribution in [0.3, 0.4) is 0 Å². The summed E-state index contributed by atoms with van der Waals surface area (Å²) in [5.74, 6) is 0.488. The third-order valence-corrected chi connectivity index (χ3v) is 2.76. The number of hydrogen-bond donors (Lipinski definition) is 2. The summed E-state index contributed by atoms with van der Waals surface area (Å²) in [4.78, 5) is 11.8. The van der Waals surface area contributed by atoms with Gasteiger partial charge in [0.2, 0.25) is 0 Å². The highest BCUT2D eigenvalue weighted by Gasteiger charge is 2.18. The number of carbonyl (C=O) groups is 1. The van der Waals surface area contributed by atoms with Crippen molar-refractivity contribution in [2.45, 2.75) is 38.0 Å². The van der Waals surface area contributed by atoms with Crippen molar-refractivity contribution in [1.29, 1.82) is 0 Å². The number of nitrogens with one attached hydrogen (secondary N) is 1. The van der Waals surface area contributed by atoms with E-state index in [4.69, 9.17) is 5.73 Å². The summed E-state index contributed by atoms with van der Waals surface area (Å²) in [7, 11) is 0. The fourth-order valence-corrected chi connectivity index (χ4v) is 2.03. The van der Waals surface area contributed by atoms with Gasteiger partial charge in [0.1, 0.15) is 0 Å². The van der Waals surface area contributed by atoms with E-state index in [1.54, 1.807) is 6.20 Å². The number of nitrogens with two attached hydrogens (primary N) is 1. The molecule has 15 heavy (non-hydrogen) atoms. The van der Waals surface area contributed by atoms with E-state index in [2.05, 4.69) is 15.7 Å². The Morgan fingerprint density at radius 2 is 2.20 bits per heavy atom. The Bertz CT molecular complexity index is 342. The van der Waals surface area contributed by atoms with E-state index >= 15 is 0 Å². The van der Waals surface area contributed by atoms with Crippen LogP contribution in [-0.4, -0.2) is 21.1 Å². The second kappa shape index (κ2) is 4.29. The highest BCUT2D eigenvalue weighted by Crippen LogP contribution is 2.30. The summed E-state index contributed by atoms with van der Waals surface area (Å²) < 4.78 is 0.